The fraction of sp³-hybridized carbons (Fsp3) is 0.556. The zero-order valence-corrected chi connectivity index (χ0v) is 27.5. The van der Waals surface area contributed by atoms with E-state index in [1.54, 1.807) is 31.3 Å². The van der Waals surface area contributed by atoms with Crippen molar-refractivity contribution >= 4 is 23.2 Å². The molecule has 11 nitrogen and oxygen atoms in total. The lowest BCUT2D eigenvalue weighted by Gasteiger charge is -2.31. The second kappa shape index (κ2) is 11.2. The molecule has 250 valence electrons. The van der Waals surface area contributed by atoms with Gasteiger partial charge < -0.3 is 44.1 Å². The SMILES string of the molecule is COc1cc2c(cc1OCCCCCOc1cc3c(cc1OC)C(=O)N1CC4(CC4)CC1C(O)N3C)NCC1=CC3(CC3)CN1C2=O. The molecule has 2 aliphatic carbocycles. The molecule has 2 spiro atoms. The number of benzene rings is 2. The Hall–Kier alpha value is -4.12. The van der Waals surface area contributed by atoms with Crippen LogP contribution in [0.1, 0.15) is 72.1 Å². The Bertz CT molecular complexity index is 1650. The molecule has 0 aromatic heterocycles. The highest BCUT2D eigenvalue weighted by Gasteiger charge is 2.57. The third-order valence-corrected chi connectivity index (χ3v) is 11.1. The van der Waals surface area contributed by atoms with Gasteiger partial charge in [-0.1, -0.05) is 6.08 Å². The summed E-state index contributed by atoms with van der Waals surface area (Å²) in [5.41, 5.74) is 4.01. The highest BCUT2D eigenvalue weighted by molar-refractivity contribution is 6.03. The van der Waals surface area contributed by atoms with Crippen LogP contribution in [0.15, 0.2) is 36.0 Å². The number of carbonyl (C=O) groups is 2. The van der Waals surface area contributed by atoms with Crippen LogP contribution in [0.4, 0.5) is 11.4 Å². The fourth-order valence-corrected chi connectivity index (χ4v) is 7.90. The van der Waals surface area contributed by atoms with Crippen molar-refractivity contribution in [1.82, 2.24) is 9.80 Å². The van der Waals surface area contributed by atoms with Crippen molar-refractivity contribution < 1.29 is 33.6 Å². The molecule has 4 heterocycles. The molecular weight excluding hydrogens is 600 g/mol. The number of hydrogen-bond donors (Lipinski definition) is 2. The van der Waals surface area contributed by atoms with Crippen molar-refractivity contribution in [2.75, 3.05) is 64.3 Å². The maximum absolute atomic E-state index is 13.6. The standard InChI is InChI=1S/C36H44N4O7/c1-38-26-16-31(29(45-3)14-24(26)33(42)40-21-36(9-10-36)18-27(40)34(38)43)47-12-6-4-5-11-46-30-15-25-23(13-28(30)44-2)32(41)39-20-35(7-8-35)17-22(39)19-37-25/h13-17,27,34,37,43H,4-12,18-21H2,1-3H3. The van der Waals surface area contributed by atoms with Crippen molar-refractivity contribution in [2.24, 2.45) is 10.8 Å². The van der Waals surface area contributed by atoms with E-state index in [4.69, 9.17) is 18.9 Å². The van der Waals surface area contributed by atoms with Crippen LogP contribution in [-0.4, -0.2) is 93.1 Å². The Morgan fingerprint density at radius 3 is 2.19 bits per heavy atom. The number of likely N-dealkylation sites (N-methyl/N-ethyl adjacent to an activating group) is 1. The van der Waals surface area contributed by atoms with Crippen molar-refractivity contribution in [2.45, 2.75) is 63.6 Å². The van der Waals surface area contributed by atoms with E-state index in [1.807, 2.05) is 29.0 Å². The van der Waals surface area contributed by atoms with E-state index in [2.05, 4.69) is 11.4 Å². The van der Waals surface area contributed by atoms with Gasteiger partial charge in [0.2, 0.25) is 0 Å². The minimum Gasteiger partial charge on any atom is -0.493 e. The van der Waals surface area contributed by atoms with Crippen LogP contribution < -0.4 is 29.2 Å². The van der Waals surface area contributed by atoms with Gasteiger partial charge in [-0.3, -0.25) is 9.59 Å². The van der Waals surface area contributed by atoms with Crippen LogP contribution in [0.3, 0.4) is 0 Å². The summed E-state index contributed by atoms with van der Waals surface area (Å²) >= 11 is 0. The highest BCUT2D eigenvalue weighted by atomic mass is 16.5. The highest BCUT2D eigenvalue weighted by Crippen LogP contribution is 2.57. The van der Waals surface area contributed by atoms with E-state index in [1.165, 1.54) is 0 Å². The Morgan fingerprint density at radius 2 is 1.53 bits per heavy atom. The van der Waals surface area contributed by atoms with Crippen LogP contribution in [0, 0.1) is 10.8 Å². The molecule has 0 radical (unpaired) electrons. The molecule has 0 bridgehead atoms. The molecule has 47 heavy (non-hydrogen) atoms. The van der Waals surface area contributed by atoms with E-state index in [0.717, 1.165) is 69.3 Å². The summed E-state index contributed by atoms with van der Waals surface area (Å²) in [6, 6.07) is 7.03. The van der Waals surface area contributed by atoms with Gasteiger partial charge in [-0.15, -0.1) is 0 Å². The van der Waals surface area contributed by atoms with Crippen molar-refractivity contribution in [1.29, 1.82) is 0 Å². The van der Waals surface area contributed by atoms with E-state index in [9.17, 15) is 14.7 Å². The van der Waals surface area contributed by atoms with E-state index in [-0.39, 0.29) is 28.7 Å². The predicted molar refractivity (Wildman–Crippen MR) is 176 cm³/mol. The minimum atomic E-state index is -0.777. The molecule has 2 aromatic carbocycles. The second-order valence-electron chi connectivity index (χ2n) is 14.3. The largest absolute Gasteiger partial charge is 0.493 e. The van der Waals surface area contributed by atoms with Crippen molar-refractivity contribution in [3.05, 3.63) is 47.2 Å². The lowest BCUT2D eigenvalue weighted by atomic mass is 10.0. The normalized spacial score (nSPS) is 24.1. The monoisotopic (exact) mass is 644 g/mol. The summed E-state index contributed by atoms with van der Waals surface area (Å²) in [6.07, 6.45) is 9.38. The predicted octanol–water partition coefficient (Wildman–Crippen LogP) is 4.64. The first-order valence-electron chi connectivity index (χ1n) is 16.9. The van der Waals surface area contributed by atoms with E-state index in [0.29, 0.717) is 66.1 Å². The van der Waals surface area contributed by atoms with Crippen LogP contribution in [-0.2, 0) is 0 Å². The lowest BCUT2D eigenvalue weighted by Crippen LogP contribution is -2.47. The van der Waals surface area contributed by atoms with Gasteiger partial charge in [0.05, 0.1) is 62.5 Å². The molecule has 2 N–H and O–H groups in total. The van der Waals surface area contributed by atoms with Gasteiger partial charge in [-0.25, -0.2) is 0 Å². The molecule has 6 aliphatic rings. The Labute approximate surface area is 275 Å². The zero-order valence-electron chi connectivity index (χ0n) is 27.5. The van der Waals surface area contributed by atoms with Gasteiger partial charge in [0, 0.05) is 43.4 Å². The summed E-state index contributed by atoms with van der Waals surface area (Å²) in [5.74, 6) is 2.17. The molecule has 8 rings (SSSR count). The number of amides is 2. The molecular formula is C36H44N4O7. The average molecular weight is 645 g/mol. The molecule has 2 unspecified atom stereocenters. The summed E-state index contributed by atoms with van der Waals surface area (Å²) < 4.78 is 23.5. The number of ether oxygens (including phenoxy) is 4. The van der Waals surface area contributed by atoms with Gasteiger partial charge in [0.15, 0.2) is 23.0 Å². The van der Waals surface area contributed by atoms with Gasteiger partial charge >= 0.3 is 0 Å². The Kier molecular flexibility index (Phi) is 7.23. The van der Waals surface area contributed by atoms with Crippen molar-refractivity contribution in [3.8, 4) is 23.0 Å². The number of aliphatic hydroxyl groups excluding tert-OH is 1. The number of nitrogens with one attached hydrogen (secondary N) is 1. The van der Waals surface area contributed by atoms with Gasteiger partial charge in [-0.2, -0.15) is 0 Å². The number of unbranched alkanes of at least 4 members (excludes halogenated alkanes) is 2. The molecule has 2 aromatic rings. The molecule has 2 saturated carbocycles. The molecule has 1 saturated heterocycles. The molecule has 3 fully saturated rings. The number of nitrogens with zero attached hydrogens (tertiary/aromatic N) is 3. The van der Waals surface area contributed by atoms with Gasteiger partial charge in [0.25, 0.3) is 11.8 Å². The van der Waals surface area contributed by atoms with Crippen LogP contribution in [0.25, 0.3) is 0 Å². The summed E-state index contributed by atoms with van der Waals surface area (Å²) in [6.45, 7) is 3.06. The van der Waals surface area contributed by atoms with Crippen molar-refractivity contribution in [3.63, 3.8) is 0 Å². The maximum Gasteiger partial charge on any atom is 0.260 e. The molecule has 2 amide bonds. The summed E-state index contributed by atoms with van der Waals surface area (Å²) in [5, 5.41) is 14.7. The number of hydrogen-bond acceptors (Lipinski definition) is 9. The smallest absolute Gasteiger partial charge is 0.260 e. The number of anilines is 2. The number of aliphatic hydroxyl groups is 1. The fourth-order valence-electron chi connectivity index (χ4n) is 7.90. The minimum absolute atomic E-state index is 0.0113. The topological polar surface area (TPSA) is 113 Å². The average Bonchev–Trinajstić information content (AvgIpc) is 3.96. The molecule has 11 heteroatoms. The van der Waals surface area contributed by atoms with E-state index < -0.39 is 6.23 Å². The van der Waals surface area contributed by atoms with Crippen LogP contribution in [0.5, 0.6) is 23.0 Å². The molecule has 4 aliphatic heterocycles. The van der Waals surface area contributed by atoms with Gasteiger partial charge in [0.1, 0.15) is 6.23 Å². The second-order valence-corrected chi connectivity index (χ2v) is 14.3. The first kappa shape index (κ1) is 30.2. The number of methoxy groups -OCH3 is 2. The first-order valence-corrected chi connectivity index (χ1v) is 16.9. The Balaban J connectivity index is 0.861. The molecule has 2 atom stereocenters. The van der Waals surface area contributed by atoms with Crippen LogP contribution >= 0.6 is 0 Å². The number of carbonyl (C=O) groups excluding carboxylic acids is 2. The lowest BCUT2D eigenvalue weighted by molar-refractivity contribution is 0.0526. The third-order valence-electron chi connectivity index (χ3n) is 11.1. The summed E-state index contributed by atoms with van der Waals surface area (Å²) in [7, 11) is 5.01. The first-order chi connectivity index (χ1) is 22.7. The number of rotatable bonds is 10. The zero-order chi connectivity index (χ0) is 32.5. The van der Waals surface area contributed by atoms with E-state index >= 15 is 0 Å². The number of fused-ring (bicyclic) bond motifs is 4. The van der Waals surface area contributed by atoms with Gasteiger partial charge in [-0.05, 0) is 68.9 Å². The maximum atomic E-state index is 13.6. The third kappa shape index (κ3) is 5.23. The quantitative estimate of drug-likeness (QED) is 0.357. The Morgan fingerprint density at radius 1 is 0.851 bits per heavy atom. The summed E-state index contributed by atoms with van der Waals surface area (Å²) in [4.78, 5) is 32.6. The van der Waals surface area contributed by atoms with Crippen LogP contribution in [0.2, 0.25) is 0 Å².